The van der Waals surface area contributed by atoms with Gasteiger partial charge in [-0.05, 0) is 0 Å². The molecule has 0 aliphatic heterocycles. The number of rotatable bonds is 6. The number of carbonyl (C=O) groups is 1. The molecular weight excluding hydrogens is 224 g/mol. The topological polar surface area (TPSA) is 100 Å². The van der Waals surface area contributed by atoms with Gasteiger partial charge in [0.2, 0.25) is 0 Å². The van der Waals surface area contributed by atoms with Crippen molar-refractivity contribution in [3.05, 3.63) is 28.1 Å². The van der Waals surface area contributed by atoms with E-state index in [9.17, 15) is 14.9 Å². The summed E-state index contributed by atoms with van der Waals surface area (Å²) in [4.78, 5) is 24.0. The predicted molar refractivity (Wildman–Crippen MR) is 62.9 cm³/mol. The highest BCUT2D eigenvalue weighted by Crippen LogP contribution is 2.11. The minimum atomic E-state index is -0.548. The fraction of sp³-hybridized carbons (Fsp3) is 0.500. The van der Waals surface area contributed by atoms with Crippen LogP contribution in [0.25, 0.3) is 0 Å². The van der Waals surface area contributed by atoms with Gasteiger partial charge in [0, 0.05) is 25.2 Å². The van der Waals surface area contributed by atoms with Crippen LogP contribution in [0.15, 0.2) is 12.3 Å². The van der Waals surface area contributed by atoms with E-state index < -0.39 is 4.92 Å². The van der Waals surface area contributed by atoms with Gasteiger partial charge in [-0.25, -0.2) is 0 Å². The molecule has 0 fully saturated rings. The number of aromatic nitrogens is 1. The van der Waals surface area contributed by atoms with Gasteiger partial charge in [0.1, 0.15) is 5.69 Å². The molecule has 0 saturated heterocycles. The van der Waals surface area contributed by atoms with Crippen molar-refractivity contribution in [3.8, 4) is 0 Å². The molecule has 0 aromatic carbocycles. The van der Waals surface area contributed by atoms with E-state index in [1.807, 2.05) is 13.8 Å². The average molecular weight is 240 g/mol. The molecule has 0 aliphatic rings. The Morgan fingerprint density at radius 1 is 1.53 bits per heavy atom. The molecule has 0 spiro atoms. The molecule has 0 unspecified atom stereocenters. The van der Waals surface area contributed by atoms with Crippen LogP contribution in [-0.2, 0) is 0 Å². The van der Waals surface area contributed by atoms with Gasteiger partial charge in [0.15, 0.2) is 0 Å². The second-order valence-electron chi connectivity index (χ2n) is 3.89. The number of nitrogens with zero attached hydrogens (tertiary/aromatic N) is 1. The van der Waals surface area contributed by atoms with Crippen LogP contribution in [0.5, 0.6) is 0 Å². The van der Waals surface area contributed by atoms with E-state index in [0.717, 1.165) is 0 Å². The van der Waals surface area contributed by atoms with E-state index in [2.05, 4.69) is 15.6 Å². The molecule has 1 heterocycles. The van der Waals surface area contributed by atoms with Gasteiger partial charge in [-0.15, -0.1) is 0 Å². The smallest absolute Gasteiger partial charge is 0.287 e. The zero-order chi connectivity index (χ0) is 12.8. The zero-order valence-electron chi connectivity index (χ0n) is 9.82. The summed E-state index contributed by atoms with van der Waals surface area (Å²) in [7, 11) is 0. The lowest BCUT2D eigenvalue weighted by Gasteiger charge is -2.08. The second-order valence-corrected chi connectivity index (χ2v) is 3.89. The number of H-pyrrole nitrogens is 1. The fourth-order valence-corrected chi connectivity index (χ4v) is 1.25. The van der Waals surface area contributed by atoms with E-state index in [-0.39, 0.29) is 17.3 Å². The van der Waals surface area contributed by atoms with Crippen LogP contribution in [0.4, 0.5) is 5.69 Å². The minimum absolute atomic E-state index is 0.115. The van der Waals surface area contributed by atoms with Crippen LogP contribution in [0.3, 0.4) is 0 Å². The Hall–Kier alpha value is -1.89. The van der Waals surface area contributed by atoms with Crippen LogP contribution < -0.4 is 10.6 Å². The zero-order valence-corrected chi connectivity index (χ0v) is 9.82. The maximum atomic E-state index is 11.5. The normalized spacial score (nSPS) is 10.5. The van der Waals surface area contributed by atoms with Gasteiger partial charge in [0.05, 0.1) is 11.1 Å². The molecule has 1 aromatic heterocycles. The number of nitrogens with one attached hydrogen (secondary N) is 3. The highest BCUT2D eigenvalue weighted by Gasteiger charge is 2.13. The Balaban J connectivity index is 2.39. The van der Waals surface area contributed by atoms with Gasteiger partial charge in [0.25, 0.3) is 11.6 Å². The highest BCUT2D eigenvalue weighted by molar-refractivity contribution is 5.93. The van der Waals surface area contributed by atoms with Gasteiger partial charge in [-0.2, -0.15) is 0 Å². The summed E-state index contributed by atoms with van der Waals surface area (Å²) in [5.74, 6) is -0.344. The maximum absolute atomic E-state index is 11.5. The molecule has 1 rings (SSSR count). The number of amides is 1. The summed E-state index contributed by atoms with van der Waals surface area (Å²) in [5.41, 5.74) is 0.0803. The van der Waals surface area contributed by atoms with Crippen molar-refractivity contribution in [2.75, 3.05) is 13.1 Å². The van der Waals surface area contributed by atoms with Crippen molar-refractivity contribution in [2.45, 2.75) is 19.9 Å². The first-order chi connectivity index (χ1) is 8.00. The molecule has 0 radical (unpaired) electrons. The first-order valence-corrected chi connectivity index (χ1v) is 5.35. The van der Waals surface area contributed by atoms with E-state index in [0.29, 0.717) is 19.1 Å². The van der Waals surface area contributed by atoms with E-state index in [1.165, 1.54) is 12.3 Å². The third kappa shape index (κ3) is 4.23. The van der Waals surface area contributed by atoms with Gasteiger partial charge >= 0.3 is 0 Å². The Labute approximate surface area is 98.7 Å². The second kappa shape index (κ2) is 6.00. The molecule has 0 atom stereocenters. The van der Waals surface area contributed by atoms with Crippen LogP contribution in [-0.4, -0.2) is 34.9 Å². The first kappa shape index (κ1) is 13.2. The molecular formula is C10H16N4O3. The van der Waals surface area contributed by atoms with Crippen LogP contribution in [0.1, 0.15) is 24.3 Å². The first-order valence-electron chi connectivity index (χ1n) is 5.35. The molecule has 0 aliphatic carbocycles. The van der Waals surface area contributed by atoms with Crippen molar-refractivity contribution in [1.29, 1.82) is 0 Å². The lowest BCUT2D eigenvalue weighted by molar-refractivity contribution is -0.384. The quantitative estimate of drug-likeness (QED) is 0.386. The minimum Gasteiger partial charge on any atom is -0.351 e. The Bertz CT molecular complexity index is 400. The fourth-order valence-electron chi connectivity index (χ4n) is 1.25. The third-order valence-electron chi connectivity index (χ3n) is 2.09. The van der Waals surface area contributed by atoms with Crippen molar-refractivity contribution in [2.24, 2.45) is 0 Å². The number of hydrogen-bond acceptors (Lipinski definition) is 4. The van der Waals surface area contributed by atoms with Crippen molar-refractivity contribution in [1.82, 2.24) is 15.6 Å². The van der Waals surface area contributed by atoms with Crippen LogP contribution in [0, 0.1) is 10.1 Å². The maximum Gasteiger partial charge on any atom is 0.287 e. The van der Waals surface area contributed by atoms with Crippen LogP contribution >= 0.6 is 0 Å². The Morgan fingerprint density at radius 3 is 2.76 bits per heavy atom. The molecule has 0 saturated carbocycles. The average Bonchev–Trinajstić information content (AvgIpc) is 2.73. The van der Waals surface area contributed by atoms with Gasteiger partial charge < -0.3 is 15.6 Å². The monoisotopic (exact) mass is 240 g/mol. The predicted octanol–water partition coefficient (Wildman–Crippen LogP) is 0.651. The largest absolute Gasteiger partial charge is 0.351 e. The summed E-state index contributed by atoms with van der Waals surface area (Å²) in [6.45, 7) is 5.16. The van der Waals surface area contributed by atoms with Crippen molar-refractivity contribution in [3.63, 3.8) is 0 Å². The molecule has 1 amide bonds. The number of carbonyl (C=O) groups excluding carboxylic acids is 1. The summed E-state index contributed by atoms with van der Waals surface area (Å²) < 4.78 is 0. The summed E-state index contributed by atoms with van der Waals surface area (Å²) in [6.07, 6.45) is 1.20. The number of hydrogen-bond donors (Lipinski definition) is 3. The van der Waals surface area contributed by atoms with Gasteiger partial charge in [-0.1, -0.05) is 13.8 Å². The summed E-state index contributed by atoms with van der Waals surface area (Å²) in [6, 6.07) is 1.57. The number of aromatic amines is 1. The SMILES string of the molecule is CC(C)NCCNC(=O)c1cc([N+](=O)[O-])c[nH]1. The van der Waals surface area contributed by atoms with E-state index in [1.54, 1.807) is 0 Å². The standard InChI is InChI=1S/C10H16N4O3/c1-7(2)11-3-4-12-10(15)9-5-8(6-13-9)14(16)17/h5-7,11,13H,3-4H2,1-2H3,(H,12,15). The van der Waals surface area contributed by atoms with Crippen molar-refractivity contribution < 1.29 is 9.72 Å². The lowest BCUT2D eigenvalue weighted by atomic mass is 10.3. The number of nitro groups is 1. The van der Waals surface area contributed by atoms with E-state index >= 15 is 0 Å². The highest BCUT2D eigenvalue weighted by atomic mass is 16.6. The van der Waals surface area contributed by atoms with Crippen molar-refractivity contribution >= 4 is 11.6 Å². The Morgan fingerprint density at radius 2 is 2.24 bits per heavy atom. The van der Waals surface area contributed by atoms with Crippen LogP contribution in [0.2, 0.25) is 0 Å². The molecule has 3 N–H and O–H groups in total. The molecule has 1 aromatic rings. The lowest BCUT2D eigenvalue weighted by Crippen LogP contribution is -2.34. The summed E-state index contributed by atoms with van der Waals surface area (Å²) in [5, 5.41) is 16.2. The van der Waals surface area contributed by atoms with E-state index in [4.69, 9.17) is 0 Å². The molecule has 7 heteroatoms. The Kier molecular flexibility index (Phi) is 4.65. The molecule has 0 bridgehead atoms. The molecule has 17 heavy (non-hydrogen) atoms. The third-order valence-corrected chi connectivity index (χ3v) is 2.09. The van der Waals surface area contributed by atoms with Gasteiger partial charge in [-0.3, -0.25) is 14.9 Å². The summed E-state index contributed by atoms with van der Waals surface area (Å²) >= 11 is 0. The molecule has 94 valence electrons. The molecule has 7 nitrogen and oxygen atoms in total.